The third-order valence-electron chi connectivity index (χ3n) is 3.87. The van der Waals surface area contributed by atoms with Gasteiger partial charge in [0, 0.05) is 41.2 Å². The van der Waals surface area contributed by atoms with Crippen LogP contribution in [0.3, 0.4) is 0 Å². The van der Waals surface area contributed by atoms with Crippen LogP contribution in [0.2, 0.25) is 0 Å². The molecule has 0 saturated heterocycles. The van der Waals surface area contributed by atoms with Crippen molar-refractivity contribution in [2.45, 2.75) is 6.42 Å². The van der Waals surface area contributed by atoms with E-state index in [0.717, 1.165) is 22.0 Å². The molecule has 25 heavy (non-hydrogen) atoms. The number of methoxy groups -OCH3 is 1. The summed E-state index contributed by atoms with van der Waals surface area (Å²) >= 11 is 0. The minimum absolute atomic E-state index is 0. The molecule has 8 heteroatoms. The van der Waals surface area contributed by atoms with E-state index in [9.17, 15) is 20.0 Å². The predicted molar refractivity (Wildman–Crippen MR) is 85.1 cm³/mol. The van der Waals surface area contributed by atoms with E-state index in [1.807, 2.05) is 0 Å². The normalized spacial score (nSPS) is 10.3. The molecule has 0 amide bonds. The van der Waals surface area contributed by atoms with Crippen molar-refractivity contribution in [3.05, 3.63) is 69.4 Å². The molecule has 1 N–H and O–H groups in total. The van der Waals surface area contributed by atoms with Gasteiger partial charge in [0.05, 0.1) is 18.0 Å². The van der Waals surface area contributed by atoms with E-state index >= 15 is 0 Å². The first-order valence-electron chi connectivity index (χ1n) is 7.12. The Morgan fingerprint density at radius 3 is 2.60 bits per heavy atom. The van der Waals surface area contributed by atoms with E-state index in [1.54, 1.807) is 18.3 Å². The smallest absolute Gasteiger partial charge is 0.545 e. The van der Waals surface area contributed by atoms with Crippen molar-refractivity contribution < 1.29 is 49.1 Å². The van der Waals surface area contributed by atoms with Gasteiger partial charge in [-0.25, -0.2) is 0 Å². The molecule has 1 aromatic heterocycles. The Balaban J connectivity index is 0.00000225. The zero-order valence-corrected chi connectivity index (χ0v) is 15.7. The first kappa shape index (κ1) is 19.0. The van der Waals surface area contributed by atoms with E-state index < -0.39 is 10.9 Å². The minimum atomic E-state index is -1.28. The monoisotopic (exact) mass is 348 g/mol. The molecule has 7 nitrogen and oxygen atoms in total. The van der Waals surface area contributed by atoms with E-state index in [-0.39, 0.29) is 40.8 Å². The number of nitrogens with one attached hydrogen (secondary N) is 1. The van der Waals surface area contributed by atoms with Crippen LogP contribution in [-0.2, 0) is 6.42 Å². The number of rotatable bonds is 5. The molecule has 1 heterocycles. The zero-order valence-electron chi connectivity index (χ0n) is 13.7. The number of benzene rings is 2. The second-order valence-electron chi connectivity index (χ2n) is 5.29. The topological polar surface area (TPSA) is 108 Å². The maximum absolute atomic E-state index is 11.0. The number of nitro groups is 1. The zero-order chi connectivity index (χ0) is 17.3. The Labute approximate surface area is 165 Å². The SMILES string of the molecule is COc1cc(C(=O)[O-])ccc1Cc1c[nH]c2ccc([N+](=O)[O-])cc12.[Na+]. The van der Waals surface area contributed by atoms with E-state index in [4.69, 9.17) is 4.74 Å². The summed E-state index contributed by atoms with van der Waals surface area (Å²) in [5.41, 5.74) is 2.47. The Bertz CT molecular complexity index is 951. The molecular formula is C17H13N2NaO5. The number of carboxylic acids is 1. The van der Waals surface area contributed by atoms with Crippen LogP contribution in [-0.4, -0.2) is 23.0 Å². The average Bonchev–Trinajstić information content (AvgIpc) is 2.97. The fraction of sp³-hybridized carbons (Fsp3) is 0.118. The van der Waals surface area contributed by atoms with E-state index in [1.165, 1.54) is 31.4 Å². The molecule has 0 aliphatic heterocycles. The number of nitrogens with zero attached hydrogens (tertiary/aromatic N) is 1. The number of aromatic nitrogens is 1. The summed E-state index contributed by atoms with van der Waals surface area (Å²) < 4.78 is 5.25. The Hall–Kier alpha value is -2.35. The number of aromatic amines is 1. The summed E-state index contributed by atoms with van der Waals surface area (Å²) in [4.78, 5) is 24.5. The number of hydrogen-bond donors (Lipinski definition) is 1. The number of fused-ring (bicyclic) bond motifs is 1. The second-order valence-corrected chi connectivity index (χ2v) is 5.29. The summed E-state index contributed by atoms with van der Waals surface area (Å²) in [6.45, 7) is 0. The van der Waals surface area contributed by atoms with Gasteiger partial charge in [-0.3, -0.25) is 10.1 Å². The van der Waals surface area contributed by atoms with Crippen LogP contribution < -0.4 is 39.4 Å². The number of ether oxygens (including phenoxy) is 1. The molecule has 3 rings (SSSR count). The van der Waals surface area contributed by atoms with Gasteiger partial charge in [-0.2, -0.15) is 0 Å². The summed E-state index contributed by atoms with van der Waals surface area (Å²) in [5.74, 6) is -0.848. The Kier molecular flexibility index (Phi) is 5.84. The fourth-order valence-corrected chi connectivity index (χ4v) is 2.65. The van der Waals surface area contributed by atoms with Crippen LogP contribution in [0.15, 0.2) is 42.6 Å². The summed E-state index contributed by atoms with van der Waals surface area (Å²) in [6, 6.07) is 9.13. The predicted octanol–water partition coefficient (Wildman–Crippen LogP) is -0.957. The van der Waals surface area contributed by atoms with Crippen LogP contribution in [0.4, 0.5) is 5.69 Å². The Morgan fingerprint density at radius 2 is 1.96 bits per heavy atom. The molecule has 0 fully saturated rings. The molecule has 0 spiro atoms. The minimum Gasteiger partial charge on any atom is -0.545 e. The van der Waals surface area contributed by atoms with Gasteiger partial charge in [0.1, 0.15) is 5.75 Å². The van der Waals surface area contributed by atoms with Crippen LogP contribution in [0, 0.1) is 10.1 Å². The van der Waals surface area contributed by atoms with Crippen LogP contribution in [0.5, 0.6) is 5.75 Å². The van der Waals surface area contributed by atoms with Crippen molar-refractivity contribution in [2.75, 3.05) is 7.11 Å². The van der Waals surface area contributed by atoms with Gasteiger partial charge in [0.25, 0.3) is 5.69 Å². The van der Waals surface area contributed by atoms with Gasteiger partial charge < -0.3 is 19.6 Å². The number of nitro benzene ring substituents is 1. The molecule has 0 aliphatic carbocycles. The quantitative estimate of drug-likeness (QED) is 0.363. The largest absolute Gasteiger partial charge is 1.00 e. The van der Waals surface area contributed by atoms with Gasteiger partial charge in [-0.05, 0) is 23.3 Å². The number of carbonyl (C=O) groups is 1. The van der Waals surface area contributed by atoms with Gasteiger partial charge in [-0.1, -0.05) is 12.1 Å². The maximum atomic E-state index is 11.0. The van der Waals surface area contributed by atoms with Crippen molar-refractivity contribution in [3.8, 4) is 5.75 Å². The number of carbonyl (C=O) groups excluding carboxylic acids is 1. The van der Waals surface area contributed by atoms with E-state index in [0.29, 0.717) is 12.2 Å². The number of aromatic carboxylic acids is 1. The number of hydrogen-bond acceptors (Lipinski definition) is 5. The standard InChI is InChI=1S/C17H14N2O5.Na/c1-24-16-7-11(17(20)21)3-2-10(16)6-12-9-18-15-5-4-13(19(22)23)8-14(12)15;/h2-5,7-9,18H,6H2,1H3,(H,20,21);/q;+1/p-1. The molecule has 2 aromatic carbocycles. The van der Waals surface area contributed by atoms with Gasteiger partial charge in [0.2, 0.25) is 0 Å². The van der Waals surface area contributed by atoms with Crippen LogP contribution in [0.25, 0.3) is 10.9 Å². The van der Waals surface area contributed by atoms with Crippen molar-refractivity contribution >= 4 is 22.6 Å². The van der Waals surface area contributed by atoms with Gasteiger partial charge >= 0.3 is 29.6 Å². The summed E-state index contributed by atoms with van der Waals surface area (Å²) in [5, 5.41) is 22.6. The molecule has 0 aliphatic rings. The Morgan fingerprint density at radius 1 is 1.20 bits per heavy atom. The third kappa shape index (κ3) is 3.84. The van der Waals surface area contributed by atoms with Crippen molar-refractivity contribution in [1.29, 1.82) is 0 Å². The van der Waals surface area contributed by atoms with Crippen molar-refractivity contribution in [1.82, 2.24) is 4.98 Å². The van der Waals surface area contributed by atoms with Crippen LogP contribution in [0.1, 0.15) is 21.5 Å². The first-order valence-corrected chi connectivity index (χ1v) is 7.12. The molecule has 0 bridgehead atoms. The van der Waals surface area contributed by atoms with Gasteiger partial charge in [0.15, 0.2) is 0 Å². The summed E-state index contributed by atoms with van der Waals surface area (Å²) in [6.07, 6.45) is 2.22. The second kappa shape index (κ2) is 7.69. The van der Waals surface area contributed by atoms with Crippen molar-refractivity contribution in [3.63, 3.8) is 0 Å². The molecule has 0 atom stereocenters. The first-order chi connectivity index (χ1) is 11.5. The van der Waals surface area contributed by atoms with E-state index in [2.05, 4.69) is 4.98 Å². The summed E-state index contributed by atoms with van der Waals surface area (Å²) in [7, 11) is 1.46. The van der Waals surface area contributed by atoms with Crippen LogP contribution >= 0.6 is 0 Å². The number of non-ortho nitro benzene ring substituents is 1. The van der Waals surface area contributed by atoms with Gasteiger partial charge in [-0.15, -0.1) is 0 Å². The molecule has 3 aromatic rings. The molecule has 0 radical (unpaired) electrons. The molecule has 122 valence electrons. The number of H-pyrrole nitrogens is 1. The van der Waals surface area contributed by atoms with Crippen molar-refractivity contribution in [2.24, 2.45) is 0 Å². The molecule has 0 unspecified atom stereocenters. The number of carboxylic acid groups (broad SMARTS) is 1. The fourth-order valence-electron chi connectivity index (χ4n) is 2.65. The third-order valence-corrected chi connectivity index (χ3v) is 3.87. The average molecular weight is 348 g/mol. The maximum Gasteiger partial charge on any atom is 1.00 e. The molecule has 0 saturated carbocycles. The molecular weight excluding hydrogens is 335 g/mol.